The minimum absolute atomic E-state index is 0.308. The van der Waals surface area contributed by atoms with Crippen LogP contribution in [0.4, 0.5) is 5.69 Å². The maximum Gasteiger partial charge on any atom is 0.0992 e. The van der Waals surface area contributed by atoms with E-state index in [0.29, 0.717) is 11.1 Å². The Bertz CT molecular complexity index is 501. The van der Waals surface area contributed by atoms with Crippen molar-refractivity contribution >= 4 is 21.6 Å². The first-order chi connectivity index (χ1) is 8.98. The van der Waals surface area contributed by atoms with E-state index in [2.05, 4.69) is 52.9 Å². The smallest absolute Gasteiger partial charge is 0.0992 e. The van der Waals surface area contributed by atoms with Crippen LogP contribution in [0, 0.1) is 11.3 Å². The maximum absolute atomic E-state index is 8.91. The molecule has 0 atom stereocenters. The highest BCUT2D eigenvalue weighted by Gasteiger charge is 2.40. The highest BCUT2D eigenvalue weighted by Crippen LogP contribution is 2.38. The van der Waals surface area contributed by atoms with Crippen LogP contribution in [-0.4, -0.2) is 38.1 Å². The van der Waals surface area contributed by atoms with Gasteiger partial charge in [-0.2, -0.15) is 5.26 Å². The largest absolute Gasteiger partial charge is 0.372 e. The molecular weight excluding hydrogens is 302 g/mol. The molecule has 3 nitrogen and oxygen atoms in total. The lowest BCUT2D eigenvalue weighted by atomic mass is 9.75. The van der Waals surface area contributed by atoms with E-state index in [1.165, 1.54) is 19.3 Å². The fraction of sp³-hybridized carbons (Fsp3) is 0.533. The molecule has 0 saturated heterocycles. The first kappa shape index (κ1) is 14.4. The summed E-state index contributed by atoms with van der Waals surface area (Å²) in [7, 11) is 6.46. The van der Waals surface area contributed by atoms with Gasteiger partial charge >= 0.3 is 0 Å². The van der Waals surface area contributed by atoms with Crippen LogP contribution in [0.1, 0.15) is 24.8 Å². The summed E-state index contributed by atoms with van der Waals surface area (Å²) in [5, 5.41) is 8.91. The van der Waals surface area contributed by atoms with E-state index in [-0.39, 0.29) is 0 Å². The highest BCUT2D eigenvalue weighted by molar-refractivity contribution is 9.10. The number of rotatable bonds is 4. The van der Waals surface area contributed by atoms with Crippen LogP contribution < -0.4 is 4.90 Å². The Labute approximate surface area is 123 Å². The number of anilines is 1. The Hall–Kier alpha value is -1.05. The summed E-state index contributed by atoms with van der Waals surface area (Å²) in [6.45, 7) is 1.02. The van der Waals surface area contributed by atoms with Crippen molar-refractivity contribution in [3.8, 4) is 6.07 Å². The quantitative estimate of drug-likeness (QED) is 0.852. The van der Waals surface area contributed by atoms with E-state index in [9.17, 15) is 0 Å². The summed E-state index contributed by atoms with van der Waals surface area (Å²) in [5.41, 5.74) is 2.14. The molecule has 1 aliphatic rings. The van der Waals surface area contributed by atoms with Crippen molar-refractivity contribution in [1.29, 1.82) is 5.26 Å². The summed E-state index contributed by atoms with van der Waals surface area (Å²) < 4.78 is 0.988. The number of nitrogens with zero attached hydrogens (tertiary/aromatic N) is 3. The standard InChI is InChI=1S/C15H20BrN3/c1-18(2)15(7-4-8-15)11-19(3)14-6-5-12(10-17)9-13(14)16/h5-6,9H,4,7-8,11H2,1-3H3. The Kier molecular flexibility index (Phi) is 4.17. The molecule has 1 aromatic carbocycles. The van der Waals surface area contributed by atoms with Gasteiger partial charge in [0.1, 0.15) is 0 Å². The summed E-state index contributed by atoms with van der Waals surface area (Å²) in [6.07, 6.45) is 3.84. The van der Waals surface area contributed by atoms with Crippen LogP contribution >= 0.6 is 15.9 Å². The second-order valence-electron chi connectivity index (χ2n) is 5.61. The summed E-state index contributed by atoms with van der Waals surface area (Å²) in [5.74, 6) is 0. The Balaban J connectivity index is 2.16. The van der Waals surface area contributed by atoms with Crippen LogP contribution in [0.15, 0.2) is 22.7 Å². The molecule has 1 saturated carbocycles. The van der Waals surface area contributed by atoms with Gasteiger partial charge in [0.25, 0.3) is 0 Å². The van der Waals surface area contributed by atoms with Crippen molar-refractivity contribution in [3.05, 3.63) is 28.2 Å². The van der Waals surface area contributed by atoms with Gasteiger partial charge in [0.2, 0.25) is 0 Å². The second-order valence-corrected chi connectivity index (χ2v) is 6.46. The monoisotopic (exact) mass is 321 g/mol. The predicted octanol–water partition coefficient (Wildman–Crippen LogP) is 3.24. The van der Waals surface area contributed by atoms with Gasteiger partial charge in [-0.1, -0.05) is 0 Å². The number of likely N-dealkylation sites (N-methyl/N-ethyl adjacent to an activating group) is 2. The topological polar surface area (TPSA) is 30.3 Å². The van der Waals surface area contributed by atoms with E-state index < -0.39 is 0 Å². The third kappa shape index (κ3) is 2.77. The highest BCUT2D eigenvalue weighted by atomic mass is 79.9. The van der Waals surface area contributed by atoms with Crippen LogP contribution in [0.2, 0.25) is 0 Å². The molecule has 102 valence electrons. The number of benzene rings is 1. The third-order valence-corrected chi connectivity index (χ3v) is 4.89. The van der Waals surface area contributed by atoms with Gasteiger partial charge in [-0.25, -0.2) is 0 Å². The van der Waals surface area contributed by atoms with Crippen LogP contribution in [-0.2, 0) is 0 Å². The van der Waals surface area contributed by atoms with Crippen molar-refractivity contribution in [2.45, 2.75) is 24.8 Å². The molecule has 4 heteroatoms. The van der Waals surface area contributed by atoms with Crippen LogP contribution in [0.25, 0.3) is 0 Å². The third-order valence-electron chi connectivity index (χ3n) is 4.25. The summed E-state index contributed by atoms with van der Waals surface area (Å²) in [6, 6.07) is 7.94. The number of hydrogen-bond acceptors (Lipinski definition) is 3. The predicted molar refractivity (Wildman–Crippen MR) is 82.4 cm³/mol. The number of nitriles is 1. The molecule has 0 amide bonds. The molecule has 0 heterocycles. The molecule has 0 bridgehead atoms. The molecule has 0 aliphatic heterocycles. The van der Waals surface area contributed by atoms with Gasteiger partial charge in [0.05, 0.1) is 17.3 Å². The molecular formula is C15H20BrN3. The molecule has 2 rings (SSSR count). The fourth-order valence-corrected chi connectivity index (χ4v) is 3.43. The minimum Gasteiger partial charge on any atom is -0.372 e. The van der Waals surface area contributed by atoms with Crippen molar-refractivity contribution in [2.24, 2.45) is 0 Å². The zero-order chi connectivity index (χ0) is 14.0. The van der Waals surface area contributed by atoms with Gasteiger partial charge in [-0.3, -0.25) is 0 Å². The average molecular weight is 322 g/mol. The van der Waals surface area contributed by atoms with Gasteiger partial charge in [0, 0.05) is 23.6 Å². The molecule has 0 spiro atoms. The van der Waals surface area contributed by atoms with E-state index in [1.807, 2.05) is 18.2 Å². The average Bonchev–Trinajstić information content (AvgIpc) is 2.32. The van der Waals surface area contributed by atoms with Crippen molar-refractivity contribution in [1.82, 2.24) is 4.90 Å². The molecule has 1 aromatic rings. The van der Waals surface area contributed by atoms with E-state index in [4.69, 9.17) is 5.26 Å². The summed E-state index contributed by atoms with van der Waals surface area (Å²) >= 11 is 3.57. The van der Waals surface area contributed by atoms with Crippen LogP contribution in [0.3, 0.4) is 0 Å². The molecule has 1 fully saturated rings. The second kappa shape index (κ2) is 5.52. The lowest BCUT2D eigenvalue weighted by Crippen LogP contribution is -2.56. The Morgan fingerprint density at radius 3 is 2.42 bits per heavy atom. The fourth-order valence-electron chi connectivity index (χ4n) is 2.74. The lowest BCUT2D eigenvalue weighted by molar-refractivity contribution is 0.0683. The SMILES string of the molecule is CN(CC1(N(C)C)CCC1)c1ccc(C#N)cc1Br. The zero-order valence-corrected chi connectivity index (χ0v) is 13.4. The number of hydrogen-bond donors (Lipinski definition) is 0. The Morgan fingerprint density at radius 1 is 1.32 bits per heavy atom. The number of halogens is 1. The zero-order valence-electron chi connectivity index (χ0n) is 11.8. The molecule has 19 heavy (non-hydrogen) atoms. The van der Waals surface area contributed by atoms with Crippen molar-refractivity contribution < 1.29 is 0 Å². The first-order valence-electron chi connectivity index (χ1n) is 6.57. The summed E-state index contributed by atoms with van der Waals surface area (Å²) in [4.78, 5) is 4.63. The van der Waals surface area contributed by atoms with Gasteiger partial charge in [-0.05, 0) is 67.5 Å². The molecule has 0 N–H and O–H groups in total. The van der Waals surface area contributed by atoms with Gasteiger partial charge < -0.3 is 9.80 Å². The molecule has 0 radical (unpaired) electrons. The van der Waals surface area contributed by atoms with E-state index in [1.54, 1.807) is 0 Å². The molecule has 0 aromatic heterocycles. The van der Waals surface area contributed by atoms with E-state index >= 15 is 0 Å². The first-order valence-corrected chi connectivity index (χ1v) is 7.36. The Morgan fingerprint density at radius 2 is 2.00 bits per heavy atom. The van der Waals surface area contributed by atoms with Gasteiger partial charge in [0.15, 0.2) is 0 Å². The van der Waals surface area contributed by atoms with Crippen molar-refractivity contribution in [3.63, 3.8) is 0 Å². The van der Waals surface area contributed by atoms with E-state index in [0.717, 1.165) is 16.7 Å². The minimum atomic E-state index is 0.308. The maximum atomic E-state index is 8.91. The normalized spacial score (nSPS) is 16.8. The van der Waals surface area contributed by atoms with Crippen LogP contribution in [0.5, 0.6) is 0 Å². The van der Waals surface area contributed by atoms with Gasteiger partial charge in [-0.15, -0.1) is 0 Å². The molecule has 0 unspecified atom stereocenters. The van der Waals surface area contributed by atoms with Crippen molar-refractivity contribution in [2.75, 3.05) is 32.6 Å². The lowest BCUT2D eigenvalue weighted by Gasteiger charge is -2.49. The molecule has 1 aliphatic carbocycles.